The number of benzene rings is 2. The molecule has 0 bridgehead atoms. The molecule has 0 radical (unpaired) electrons. The van der Waals surface area contributed by atoms with E-state index in [4.69, 9.17) is 30.2 Å². The van der Waals surface area contributed by atoms with Crippen molar-refractivity contribution in [2.45, 2.75) is 12.5 Å². The first-order valence-corrected chi connectivity index (χ1v) is 11.0. The molecule has 0 spiro atoms. The predicted molar refractivity (Wildman–Crippen MR) is 127 cm³/mol. The van der Waals surface area contributed by atoms with Gasteiger partial charge in [-0.3, -0.25) is 14.9 Å². The first kappa shape index (κ1) is 24.7. The standard InChI is InChI=1S/C24H20ClN3O8/c1-33-21-10-16(18(28(31)32)12-22(21)34-2)24(30)36-13-23(29)27-19(20-4-3-9-35-20)11-17(26-27)14-5-7-15(25)8-6-14/h3-10,12,19H,11,13H2,1-2H3/t19-/m0/s1. The normalized spacial score (nSPS) is 14.8. The molecule has 0 fully saturated rings. The van der Waals surface area contributed by atoms with E-state index in [9.17, 15) is 19.7 Å². The van der Waals surface area contributed by atoms with E-state index >= 15 is 0 Å². The highest BCUT2D eigenvalue weighted by Gasteiger charge is 2.36. The molecule has 4 rings (SSSR count). The fourth-order valence-electron chi connectivity index (χ4n) is 3.71. The van der Waals surface area contributed by atoms with Crippen LogP contribution in [0.2, 0.25) is 5.02 Å². The maximum atomic E-state index is 13.1. The van der Waals surface area contributed by atoms with Gasteiger partial charge in [0.15, 0.2) is 18.1 Å². The molecule has 1 aliphatic heterocycles. The Kier molecular flexibility index (Phi) is 7.20. The van der Waals surface area contributed by atoms with E-state index < -0.39 is 35.1 Å². The van der Waals surface area contributed by atoms with Gasteiger partial charge < -0.3 is 18.6 Å². The van der Waals surface area contributed by atoms with Gasteiger partial charge in [0.05, 0.1) is 37.2 Å². The van der Waals surface area contributed by atoms with Gasteiger partial charge in [0, 0.05) is 17.5 Å². The fourth-order valence-corrected chi connectivity index (χ4v) is 3.84. The summed E-state index contributed by atoms with van der Waals surface area (Å²) in [7, 11) is 2.63. The van der Waals surface area contributed by atoms with Crippen LogP contribution >= 0.6 is 11.6 Å². The average Bonchev–Trinajstić information content (AvgIpc) is 3.57. The molecule has 1 atom stereocenters. The molecule has 0 aliphatic carbocycles. The van der Waals surface area contributed by atoms with Gasteiger partial charge in [0.2, 0.25) is 0 Å². The van der Waals surface area contributed by atoms with Gasteiger partial charge in [-0.05, 0) is 29.8 Å². The molecule has 1 aliphatic rings. The molecule has 2 aromatic carbocycles. The molecular weight excluding hydrogens is 494 g/mol. The van der Waals surface area contributed by atoms with Gasteiger partial charge in [-0.2, -0.15) is 5.10 Å². The summed E-state index contributed by atoms with van der Waals surface area (Å²) >= 11 is 5.97. The second-order valence-electron chi connectivity index (χ2n) is 7.58. The van der Waals surface area contributed by atoms with Crippen LogP contribution in [0.1, 0.15) is 34.1 Å². The van der Waals surface area contributed by atoms with Gasteiger partial charge in [0.25, 0.3) is 11.6 Å². The Morgan fingerprint density at radius 3 is 2.47 bits per heavy atom. The van der Waals surface area contributed by atoms with Crippen molar-refractivity contribution in [1.82, 2.24) is 5.01 Å². The summed E-state index contributed by atoms with van der Waals surface area (Å²) in [4.78, 5) is 36.5. The van der Waals surface area contributed by atoms with Crippen molar-refractivity contribution in [2.24, 2.45) is 5.10 Å². The van der Waals surface area contributed by atoms with Gasteiger partial charge in [-0.1, -0.05) is 23.7 Å². The van der Waals surface area contributed by atoms with Crippen LogP contribution in [0.25, 0.3) is 0 Å². The number of nitro groups is 1. The molecule has 1 aromatic heterocycles. The largest absolute Gasteiger partial charge is 0.493 e. The Bertz CT molecular complexity index is 1320. The number of amides is 1. The number of methoxy groups -OCH3 is 2. The van der Waals surface area contributed by atoms with Crippen LogP contribution in [0.4, 0.5) is 5.69 Å². The maximum absolute atomic E-state index is 13.1. The zero-order valence-corrected chi connectivity index (χ0v) is 19.9. The monoisotopic (exact) mass is 513 g/mol. The third-order valence-corrected chi connectivity index (χ3v) is 5.71. The number of carbonyl (C=O) groups is 2. The number of rotatable bonds is 8. The minimum atomic E-state index is -1.08. The van der Waals surface area contributed by atoms with Gasteiger partial charge >= 0.3 is 5.97 Å². The number of furan rings is 1. The van der Waals surface area contributed by atoms with Crippen molar-refractivity contribution in [1.29, 1.82) is 0 Å². The second kappa shape index (κ2) is 10.5. The van der Waals surface area contributed by atoms with E-state index in [1.54, 1.807) is 36.4 Å². The van der Waals surface area contributed by atoms with Crippen LogP contribution in [-0.4, -0.2) is 48.3 Å². The summed E-state index contributed by atoms with van der Waals surface area (Å²) in [6.07, 6.45) is 1.84. The lowest BCUT2D eigenvalue weighted by Gasteiger charge is -2.19. The Balaban J connectivity index is 1.56. The quantitative estimate of drug-likeness (QED) is 0.246. The third-order valence-electron chi connectivity index (χ3n) is 5.46. The Hall–Kier alpha value is -4.38. The van der Waals surface area contributed by atoms with Crippen molar-refractivity contribution in [2.75, 3.05) is 20.8 Å². The molecule has 186 valence electrons. The number of hydrogen-bond acceptors (Lipinski definition) is 9. The average molecular weight is 514 g/mol. The van der Waals surface area contributed by atoms with Gasteiger partial charge in [0.1, 0.15) is 17.4 Å². The SMILES string of the molecule is COc1cc(C(=O)OCC(=O)N2N=C(c3ccc(Cl)cc3)C[C@H]2c2ccco2)c([N+](=O)[O-])cc1OC. The smallest absolute Gasteiger partial charge is 0.345 e. The molecule has 3 aromatic rings. The van der Waals surface area contributed by atoms with E-state index in [1.807, 2.05) is 0 Å². The van der Waals surface area contributed by atoms with E-state index in [2.05, 4.69) is 5.10 Å². The summed E-state index contributed by atoms with van der Waals surface area (Å²) in [5.74, 6) is -1.06. The van der Waals surface area contributed by atoms with Crippen LogP contribution in [0.3, 0.4) is 0 Å². The van der Waals surface area contributed by atoms with E-state index in [0.29, 0.717) is 22.9 Å². The molecule has 0 saturated carbocycles. The number of halogens is 1. The minimum absolute atomic E-state index is 0.0687. The summed E-state index contributed by atoms with van der Waals surface area (Å²) < 4.78 is 20.8. The zero-order chi connectivity index (χ0) is 25.8. The van der Waals surface area contributed by atoms with E-state index in [0.717, 1.165) is 17.7 Å². The zero-order valence-electron chi connectivity index (χ0n) is 19.2. The minimum Gasteiger partial charge on any atom is -0.493 e. The Labute approximate surface area is 209 Å². The maximum Gasteiger partial charge on any atom is 0.345 e. The number of nitrogens with zero attached hydrogens (tertiary/aromatic N) is 3. The predicted octanol–water partition coefficient (Wildman–Crippen LogP) is 4.39. The van der Waals surface area contributed by atoms with Crippen molar-refractivity contribution >= 4 is 34.9 Å². The highest BCUT2D eigenvalue weighted by molar-refractivity contribution is 6.30. The fraction of sp³-hybridized carbons (Fsp3) is 0.208. The highest BCUT2D eigenvalue weighted by atomic mass is 35.5. The van der Waals surface area contributed by atoms with Gasteiger partial charge in [-0.25, -0.2) is 9.80 Å². The Morgan fingerprint density at radius 1 is 1.17 bits per heavy atom. The van der Waals surface area contributed by atoms with Crippen LogP contribution in [0.5, 0.6) is 11.5 Å². The second-order valence-corrected chi connectivity index (χ2v) is 8.02. The summed E-state index contributed by atoms with van der Waals surface area (Å²) in [5, 5.41) is 17.7. The van der Waals surface area contributed by atoms with E-state index in [-0.39, 0.29) is 17.1 Å². The lowest BCUT2D eigenvalue weighted by molar-refractivity contribution is -0.385. The number of ether oxygens (including phenoxy) is 3. The molecule has 2 heterocycles. The lowest BCUT2D eigenvalue weighted by atomic mass is 10.0. The Morgan fingerprint density at radius 2 is 1.86 bits per heavy atom. The number of carbonyl (C=O) groups excluding carboxylic acids is 2. The molecule has 12 heteroatoms. The molecular formula is C24H20ClN3O8. The number of hydrazone groups is 1. The summed E-state index contributed by atoms with van der Waals surface area (Å²) in [6.45, 7) is -0.709. The number of nitro benzene ring substituents is 1. The number of hydrogen-bond donors (Lipinski definition) is 0. The summed E-state index contributed by atoms with van der Waals surface area (Å²) in [5.41, 5.74) is 0.440. The van der Waals surface area contributed by atoms with Crippen LogP contribution in [0, 0.1) is 10.1 Å². The van der Waals surface area contributed by atoms with Crippen LogP contribution in [-0.2, 0) is 9.53 Å². The number of esters is 1. The topological polar surface area (TPSA) is 134 Å². The van der Waals surface area contributed by atoms with Gasteiger partial charge in [-0.15, -0.1) is 0 Å². The van der Waals surface area contributed by atoms with Crippen LogP contribution < -0.4 is 9.47 Å². The van der Waals surface area contributed by atoms with Crippen molar-refractivity contribution in [3.05, 3.63) is 86.8 Å². The molecule has 0 N–H and O–H groups in total. The molecule has 11 nitrogen and oxygen atoms in total. The van der Waals surface area contributed by atoms with E-state index in [1.165, 1.54) is 25.5 Å². The molecule has 0 saturated heterocycles. The molecule has 0 unspecified atom stereocenters. The molecule has 36 heavy (non-hydrogen) atoms. The molecule has 1 amide bonds. The summed E-state index contributed by atoms with van der Waals surface area (Å²) in [6, 6.07) is 12.0. The first-order chi connectivity index (χ1) is 17.3. The first-order valence-electron chi connectivity index (χ1n) is 10.6. The van der Waals surface area contributed by atoms with Crippen molar-refractivity contribution < 1.29 is 33.1 Å². The van der Waals surface area contributed by atoms with Crippen LogP contribution in [0.15, 0.2) is 64.3 Å². The van der Waals surface area contributed by atoms with Crippen molar-refractivity contribution in [3.63, 3.8) is 0 Å². The van der Waals surface area contributed by atoms with Crippen molar-refractivity contribution in [3.8, 4) is 11.5 Å². The highest BCUT2D eigenvalue weighted by Crippen LogP contribution is 2.36. The third kappa shape index (κ3) is 5.01. The lowest BCUT2D eigenvalue weighted by Crippen LogP contribution is -2.31.